The SMILES string of the molecule is COc1cc(/C=C2/NC(=O)N(c3ccc(Cl)cc3)C2=O)c([N+](=O)[O-])cc1OC. The molecule has 3 rings (SSSR count). The molecule has 0 radical (unpaired) electrons. The molecule has 2 aromatic rings. The van der Waals surface area contributed by atoms with E-state index in [1.807, 2.05) is 0 Å². The number of amides is 3. The molecule has 28 heavy (non-hydrogen) atoms. The number of anilines is 1. The van der Waals surface area contributed by atoms with Crippen molar-refractivity contribution in [3.63, 3.8) is 0 Å². The topological polar surface area (TPSA) is 111 Å². The summed E-state index contributed by atoms with van der Waals surface area (Å²) in [5, 5.41) is 14.3. The number of carbonyl (C=O) groups is 2. The second-order valence-corrected chi connectivity index (χ2v) is 6.06. The molecule has 1 heterocycles. The van der Waals surface area contributed by atoms with Gasteiger partial charge in [-0.2, -0.15) is 0 Å². The van der Waals surface area contributed by atoms with Crippen LogP contribution in [0.2, 0.25) is 5.02 Å². The third-order valence-corrected chi connectivity index (χ3v) is 4.24. The first-order valence-electron chi connectivity index (χ1n) is 7.88. The van der Waals surface area contributed by atoms with Gasteiger partial charge in [0.2, 0.25) is 0 Å². The van der Waals surface area contributed by atoms with Crippen LogP contribution in [0.15, 0.2) is 42.1 Å². The van der Waals surface area contributed by atoms with Gasteiger partial charge < -0.3 is 14.8 Å². The summed E-state index contributed by atoms with van der Waals surface area (Å²) < 4.78 is 10.2. The number of nitrogens with one attached hydrogen (secondary N) is 1. The maximum Gasteiger partial charge on any atom is 0.333 e. The summed E-state index contributed by atoms with van der Waals surface area (Å²) in [5.41, 5.74) is -0.0335. The molecule has 3 amide bonds. The van der Waals surface area contributed by atoms with Crippen molar-refractivity contribution in [2.45, 2.75) is 0 Å². The van der Waals surface area contributed by atoms with E-state index in [9.17, 15) is 19.7 Å². The van der Waals surface area contributed by atoms with Gasteiger partial charge in [-0.05, 0) is 36.4 Å². The molecule has 1 saturated heterocycles. The summed E-state index contributed by atoms with van der Waals surface area (Å²) in [6.45, 7) is 0. The van der Waals surface area contributed by atoms with Crippen LogP contribution in [0, 0.1) is 10.1 Å². The van der Waals surface area contributed by atoms with Crippen molar-refractivity contribution in [1.82, 2.24) is 5.32 Å². The van der Waals surface area contributed by atoms with Gasteiger partial charge in [-0.25, -0.2) is 9.69 Å². The van der Waals surface area contributed by atoms with Gasteiger partial charge in [-0.15, -0.1) is 0 Å². The molecule has 1 N–H and O–H groups in total. The fraction of sp³-hybridized carbons (Fsp3) is 0.111. The number of methoxy groups -OCH3 is 2. The van der Waals surface area contributed by atoms with Crippen LogP contribution >= 0.6 is 11.6 Å². The highest BCUT2D eigenvalue weighted by atomic mass is 35.5. The van der Waals surface area contributed by atoms with Crippen LogP contribution in [0.5, 0.6) is 11.5 Å². The molecule has 0 aliphatic carbocycles. The van der Waals surface area contributed by atoms with Gasteiger partial charge in [0.1, 0.15) is 5.70 Å². The third kappa shape index (κ3) is 3.47. The maximum absolute atomic E-state index is 12.7. The summed E-state index contributed by atoms with van der Waals surface area (Å²) in [4.78, 5) is 36.6. The molecule has 9 nitrogen and oxygen atoms in total. The minimum absolute atomic E-state index is 0.0734. The van der Waals surface area contributed by atoms with Gasteiger partial charge in [0, 0.05) is 5.02 Å². The van der Waals surface area contributed by atoms with Crippen LogP contribution in [0.3, 0.4) is 0 Å². The molecule has 1 fully saturated rings. The molecule has 0 saturated carbocycles. The molecule has 10 heteroatoms. The van der Waals surface area contributed by atoms with E-state index in [0.29, 0.717) is 10.7 Å². The van der Waals surface area contributed by atoms with Crippen LogP contribution < -0.4 is 19.7 Å². The Morgan fingerprint density at radius 1 is 1.11 bits per heavy atom. The zero-order chi connectivity index (χ0) is 20.4. The summed E-state index contributed by atoms with van der Waals surface area (Å²) in [7, 11) is 2.73. The van der Waals surface area contributed by atoms with Gasteiger partial charge in [-0.1, -0.05) is 11.6 Å². The second-order valence-electron chi connectivity index (χ2n) is 5.63. The van der Waals surface area contributed by atoms with E-state index in [-0.39, 0.29) is 28.4 Å². The van der Waals surface area contributed by atoms with Crippen molar-refractivity contribution in [1.29, 1.82) is 0 Å². The molecule has 0 unspecified atom stereocenters. The van der Waals surface area contributed by atoms with Crippen molar-refractivity contribution in [3.8, 4) is 11.5 Å². The number of urea groups is 1. The van der Waals surface area contributed by atoms with Crippen molar-refractivity contribution in [3.05, 3.63) is 62.8 Å². The number of benzene rings is 2. The fourth-order valence-corrected chi connectivity index (χ4v) is 2.80. The zero-order valence-electron chi connectivity index (χ0n) is 14.8. The molecule has 0 bridgehead atoms. The number of hydrogen-bond acceptors (Lipinski definition) is 6. The molecule has 1 aliphatic rings. The number of nitrogens with zero attached hydrogens (tertiary/aromatic N) is 2. The quantitative estimate of drug-likeness (QED) is 0.354. The molecule has 2 aromatic carbocycles. The average molecular weight is 404 g/mol. The summed E-state index contributed by atoms with van der Waals surface area (Å²) in [5.74, 6) is -0.247. The van der Waals surface area contributed by atoms with Crippen LogP contribution in [-0.4, -0.2) is 31.1 Å². The summed E-state index contributed by atoms with van der Waals surface area (Å²) in [6, 6.07) is 7.97. The van der Waals surface area contributed by atoms with Crippen LogP contribution in [0.4, 0.5) is 16.2 Å². The molecule has 0 spiro atoms. The lowest BCUT2D eigenvalue weighted by Crippen LogP contribution is -2.30. The Labute approximate surface area is 164 Å². The first-order valence-corrected chi connectivity index (χ1v) is 8.26. The molecule has 144 valence electrons. The van der Waals surface area contributed by atoms with Crippen molar-refractivity contribution < 1.29 is 24.0 Å². The predicted octanol–water partition coefficient (Wildman–Crippen LogP) is 3.36. The Morgan fingerprint density at radius 2 is 1.71 bits per heavy atom. The highest BCUT2D eigenvalue weighted by Crippen LogP contribution is 2.36. The monoisotopic (exact) mass is 403 g/mol. The van der Waals surface area contributed by atoms with Gasteiger partial charge in [-0.3, -0.25) is 14.9 Å². The average Bonchev–Trinajstić information content (AvgIpc) is 2.95. The smallest absolute Gasteiger partial charge is 0.333 e. The number of hydrogen-bond donors (Lipinski definition) is 1. The molecular weight excluding hydrogens is 390 g/mol. The van der Waals surface area contributed by atoms with E-state index in [2.05, 4.69) is 5.32 Å². The predicted molar refractivity (Wildman–Crippen MR) is 102 cm³/mol. The lowest BCUT2D eigenvalue weighted by molar-refractivity contribution is -0.385. The van der Waals surface area contributed by atoms with E-state index < -0.39 is 16.9 Å². The number of imide groups is 1. The van der Waals surface area contributed by atoms with Gasteiger partial charge in [0.25, 0.3) is 11.6 Å². The lowest BCUT2D eigenvalue weighted by atomic mass is 10.1. The highest BCUT2D eigenvalue weighted by molar-refractivity contribution is 6.31. The van der Waals surface area contributed by atoms with E-state index in [1.54, 1.807) is 12.1 Å². The summed E-state index contributed by atoms with van der Waals surface area (Å²) >= 11 is 5.83. The Hall–Kier alpha value is -3.59. The number of halogens is 1. The maximum atomic E-state index is 12.7. The first kappa shape index (κ1) is 19.2. The minimum atomic E-state index is -0.679. The molecule has 0 aromatic heterocycles. The van der Waals surface area contributed by atoms with E-state index in [4.69, 9.17) is 21.1 Å². The van der Waals surface area contributed by atoms with Crippen molar-refractivity contribution in [2.75, 3.05) is 19.1 Å². The van der Waals surface area contributed by atoms with Crippen molar-refractivity contribution >= 4 is 41.0 Å². The minimum Gasteiger partial charge on any atom is -0.493 e. The number of carbonyl (C=O) groups excluding carboxylic acids is 2. The van der Waals surface area contributed by atoms with Crippen molar-refractivity contribution in [2.24, 2.45) is 0 Å². The lowest BCUT2D eigenvalue weighted by Gasteiger charge is -2.11. The van der Waals surface area contributed by atoms with Crippen LogP contribution in [-0.2, 0) is 4.79 Å². The van der Waals surface area contributed by atoms with Crippen LogP contribution in [0.25, 0.3) is 6.08 Å². The Bertz CT molecular complexity index is 1000. The Balaban J connectivity index is 2.04. The first-order chi connectivity index (χ1) is 13.3. The second kappa shape index (κ2) is 7.57. The Kier molecular flexibility index (Phi) is 5.18. The Morgan fingerprint density at radius 3 is 2.29 bits per heavy atom. The molecule has 1 aliphatic heterocycles. The molecular formula is C18H14ClN3O6. The largest absolute Gasteiger partial charge is 0.493 e. The van der Waals surface area contributed by atoms with Gasteiger partial charge in [0.05, 0.1) is 36.5 Å². The van der Waals surface area contributed by atoms with E-state index >= 15 is 0 Å². The summed E-state index contributed by atoms with van der Waals surface area (Å²) in [6.07, 6.45) is 1.22. The van der Waals surface area contributed by atoms with E-state index in [1.165, 1.54) is 44.6 Å². The van der Waals surface area contributed by atoms with Gasteiger partial charge in [0.15, 0.2) is 11.5 Å². The number of nitro groups is 1. The van der Waals surface area contributed by atoms with Gasteiger partial charge >= 0.3 is 6.03 Å². The number of nitro benzene ring substituents is 1. The molecule has 0 atom stereocenters. The number of rotatable bonds is 5. The van der Waals surface area contributed by atoms with E-state index in [0.717, 1.165) is 4.90 Å². The zero-order valence-corrected chi connectivity index (χ0v) is 15.5. The highest BCUT2D eigenvalue weighted by Gasteiger charge is 2.35. The standard InChI is InChI=1S/C18H14ClN3O6/c1-27-15-8-10(14(22(25)26)9-16(15)28-2)7-13-17(23)21(18(24)20-13)12-5-3-11(19)4-6-12/h3-9H,1-2H3,(H,20,24)/b13-7+. The van der Waals surface area contributed by atoms with Crippen LogP contribution in [0.1, 0.15) is 5.56 Å². The fourth-order valence-electron chi connectivity index (χ4n) is 2.67. The number of ether oxygens (including phenoxy) is 2. The third-order valence-electron chi connectivity index (χ3n) is 3.99. The normalized spacial score (nSPS) is 15.0.